The number of hydrogen-bond donors (Lipinski definition) is 6. The molecule has 8 bridgehead atoms. The molecule has 240 valence electrons. The zero-order valence-corrected chi connectivity index (χ0v) is 23.4. The first-order valence-corrected chi connectivity index (χ1v) is 13.4. The standard InChI is InChI=1S/C28H32O16/c1-37-15-7-11-3-5-13(15)41-27-23(33)21(31)19(29)17(43-27)10-40-26(36)12-4-6-14(16(8-12)38-2)42-28-24(34)22(32)20(30)18(44-28)9-39-25(11)35/h3-8,17-24,27-34H,9-10H2,1-2H3/t17?,18?,19-,20-,21-,22+,23-,24-,27?,28?/m1/s1. The fourth-order valence-corrected chi connectivity index (χ4v) is 4.82. The molecule has 2 saturated heterocycles. The Hall–Kier alpha value is -3.74. The van der Waals surface area contributed by atoms with E-state index in [4.69, 9.17) is 37.9 Å². The first-order chi connectivity index (χ1) is 21.0. The van der Waals surface area contributed by atoms with E-state index in [1.165, 1.54) is 50.6 Å². The lowest BCUT2D eigenvalue weighted by Gasteiger charge is -2.40. The van der Waals surface area contributed by atoms with E-state index < -0.39 is 86.6 Å². The van der Waals surface area contributed by atoms with Crippen LogP contribution in [0.25, 0.3) is 0 Å². The van der Waals surface area contributed by atoms with E-state index in [0.717, 1.165) is 0 Å². The molecule has 0 aromatic heterocycles. The van der Waals surface area contributed by atoms with Crippen LogP contribution in [0.1, 0.15) is 20.7 Å². The number of rotatable bonds is 2. The second kappa shape index (κ2) is 13.1. The first kappa shape index (κ1) is 31.7. The summed E-state index contributed by atoms with van der Waals surface area (Å²) in [7, 11) is 2.56. The van der Waals surface area contributed by atoms with E-state index in [-0.39, 0.29) is 34.1 Å². The summed E-state index contributed by atoms with van der Waals surface area (Å²) in [5, 5.41) is 62.9. The number of hydrogen-bond acceptors (Lipinski definition) is 16. The van der Waals surface area contributed by atoms with Crippen molar-refractivity contribution in [2.45, 2.75) is 61.4 Å². The minimum atomic E-state index is -1.74. The Bertz CT molecular complexity index is 1250. The fraction of sp³-hybridized carbons (Fsp3) is 0.500. The Balaban J connectivity index is 1.48. The van der Waals surface area contributed by atoms with Gasteiger partial charge in [-0.25, -0.2) is 9.59 Å². The van der Waals surface area contributed by atoms with Crippen molar-refractivity contribution in [1.82, 2.24) is 0 Å². The molecule has 2 fully saturated rings. The molecule has 0 spiro atoms. The van der Waals surface area contributed by atoms with Crippen LogP contribution in [-0.4, -0.2) is 131 Å². The predicted molar refractivity (Wildman–Crippen MR) is 141 cm³/mol. The molecule has 16 heteroatoms. The highest BCUT2D eigenvalue weighted by Gasteiger charge is 2.47. The van der Waals surface area contributed by atoms with Crippen LogP contribution in [0.15, 0.2) is 36.4 Å². The summed E-state index contributed by atoms with van der Waals surface area (Å²) < 4.78 is 43.8. The third-order valence-electron chi connectivity index (χ3n) is 7.38. The number of aliphatic hydroxyl groups is 6. The fourth-order valence-electron chi connectivity index (χ4n) is 4.82. The minimum absolute atomic E-state index is 0.00101. The van der Waals surface area contributed by atoms with E-state index in [9.17, 15) is 40.2 Å². The zero-order valence-electron chi connectivity index (χ0n) is 23.4. The van der Waals surface area contributed by atoms with Crippen molar-refractivity contribution in [2.75, 3.05) is 27.4 Å². The van der Waals surface area contributed by atoms with Gasteiger partial charge in [0.25, 0.3) is 0 Å². The van der Waals surface area contributed by atoms with Gasteiger partial charge in [-0.1, -0.05) is 0 Å². The molecular weight excluding hydrogens is 592 g/mol. The maximum atomic E-state index is 12.9. The molecule has 8 rings (SSSR count). The molecule has 0 saturated carbocycles. The molecule has 6 N–H and O–H groups in total. The smallest absolute Gasteiger partial charge is 0.338 e. The highest BCUT2D eigenvalue weighted by molar-refractivity contribution is 5.90. The molecule has 2 aromatic carbocycles. The molecule has 6 aliphatic rings. The second-order valence-corrected chi connectivity index (χ2v) is 10.2. The summed E-state index contributed by atoms with van der Waals surface area (Å²) in [5.74, 6) is -1.80. The van der Waals surface area contributed by atoms with Gasteiger partial charge in [-0.3, -0.25) is 0 Å². The Morgan fingerprint density at radius 2 is 0.977 bits per heavy atom. The van der Waals surface area contributed by atoms with Gasteiger partial charge in [0.2, 0.25) is 12.6 Å². The van der Waals surface area contributed by atoms with Crippen molar-refractivity contribution in [3.05, 3.63) is 47.5 Å². The molecule has 6 aliphatic heterocycles. The van der Waals surface area contributed by atoms with E-state index in [1.54, 1.807) is 0 Å². The van der Waals surface area contributed by atoms with Crippen molar-refractivity contribution < 1.29 is 78.1 Å². The van der Waals surface area contributed by atoms with Crippen LogP contribution in [0.2, 0.25) is 0 Å². The predicted octanol–water partition coefficient (Wildman–Crippen LogP) is -1.90. The number of carbonyl (C=O) groups is 2. The van der Waals surface area contributed by atoms with Gasteiger partial charge in [-0.2, -0.15) is 0 Å². The lowest BCUT2D eigenvalue weighted by molar-refractivity contribution is -0.277. The number of methoxy groups -OCH3 is 2. The van der Waals surface area contributed by atoms with Crippen LogP contribution >= 0.6 is 0 Å². The van der Waals surface area contributed by atoms with Crippen LogP contribution < -0.4 is 18.9 Å². The average molecular weight is 625 g/mol. The Morgan fingerprint density at radius 1 is 0.591 bits per heavy atom. The highest BCUT2D eigenvalue weighted by Crippen LogP contribution is 2.34. The third-order valence-corrected chi connectivity index (χ3v) is 7.38. The first-order valence-electron chi connectivity index (χ1n) is 13.4. The maximum absolute atomic E-state index is 12.9. The molecule has 4 unspecified atom stereocenters. The molecule has 44 heavy (non-hydrogen) atoms. The molecule has 0 radical (unpaired) electrons. The molecule has 2 aromatic rings. The molecule has 6 heterocycles. The quantitative estimate of drug-likeness (QED) is 0.201. The van der Waals surface area contributed by atoms with Crippen LogP contribution in [0, 0.1) is 0 Å². The van der Waals surface area contributed by atoms with E-state index >= 15 is 0 Å². The molecule has 16 nitrogen and oxygen atoms in total. The van der Waals surface area contributed by atoms with Crippen molar-refractivity contribution in [1.29, 1.82) is 0 Å². The van der Waals surface area contributed by atoms with E-state index in [2.05, 4.69) is 0 Å². The summed E-state index contributed by atoms with van der Waals surface area (Å²) in [6.07, 6.45) is -16.0. The van der Waals surface area contributed by atoms with Crippen molar-refractivity contribution in [3.63, 3.8) is 0 Å². The van der Waals surface area contributed by atoms with Crippen LogP contribution in [0.5, 0.6) is 23.0 Å². The van der Waals surface area contributed by atoms with E-state index in [0.29, 0.717) is 0 Å². The lowest BCUT2D eigenvalue weighted by atomic mass is 9.99. The molecule has 0 amide bonds. The highest BCUT2D eigenvalue weighted by atomic mass is 16.7. The third kappa shape index (κ3) is 6.24. The van der Waals surface area contributed by atoms with Crippen molar-refractivity contribution in [2.24, 2.45) is 0 Å². The van der Waals surface area contributed by atoms with Gasteiger partial charge in [0, 0.05) is 0 Å². The largest absolute Gasteiger partial charge is 0.493 e. The molecular formula is C28H32O16. The van der Waals surface area contributed by atoms with Gasteiger partial charge in [-0.05, 0) is 36.4 Å². The summed E-state index contributed by atoms with van der Waals surface area (Å²) in [6.45, 7) is -1.12. The van der Waals surface area contributed by atoms with Gasteiger partial charge < -0.3 is 68.5 Å². The zero-order chi connectivity index (χ0) is 31.7. The minimum Gasteiger partial charge on any atom is -0.493 e. The SMILES string of the molecule is COc1cc2ccc1OC1OC(COC(=O)c3ccc(c(OC)c3)OC3OC(COC2=O)[C@@H](O)[C@H](O)[C@H]3O)[C@@H](O)[C@@H](O)[C@H]1O. The van der Waals surface area contributed by atoms with Gasteiger partial charge >= 0.3 is 11.9 Å². The number of ether oxygens (including phenoxy) is 8. The number of aliphatic hydroxyl groups excluding tert-OH is 6. The van der Waals surface area contributed by atoms with Crippen LogP contribution in [0.3, 0.4) is 0 Å². The Morgan fingerprint density at radius 3 is 1.34 bits per heavy atom. The van der Waals surface area contributed by atoms with Crippen molar-refractivity contribution in [3.8, 4) is 23.0 Å². The number of benzene rings is 2. The molecule has 0 aliphatic carbocycles. The summed E-state index contributed by atoms with van der Waals surface area (Å²) in [5.41, 5.74) is -0.0459. The summed E-state index contributed by atoms with van der Waals surface area (Å²) in [4.78, 5) is 25.7. The van der Waals surface area contributed by atoms with Gasteiger partial charge in [0.1, 0.15) is 62.0 Å². The normalized spacial score (nSPS) is 34.4. The Kier molecular flexibility index (Phi) is 9.42. The maximum Gasteiger partial charge on any atom is 0.338 e. The molecule has 10 atom stereocenters. The van der Waals surface area contributed by atoms with E-state index in [1.807, 2.05) is 0 Å². The lowest BCUT2D eigenvalue weighted by Crippen LogP contribution is -2.60. The number of carbonyl (C=O) groups excluding carboxylic acids is 2. The summed E-state index contributed by atoms with van der Waals surface area (Å²) >= 11 is 0. The second-order valence-electron chi connectivity index (χ2n) is 10.2. The van der Waals surface area contributed by atoms with Gasteiger partial charge in [0.15, 0.2) is 23.0 Å². The van der Waals surface area contributed by atoms with Crippen molar-refractivity contribution >= 4 is 11.9 Å². The van der Waals surface area contributed by atoms with Crippen LogP contribution in [0.4, 0.5) is 0 Å². The summed E-state index contributed by atoms with van der Waals surface area (Å²) in [6, 6.07) is 7.70. The topological polar surface area (TPSA) is 229 Å². The average Bonchev–Trinajstić information content (AvgIpc) is 3.03. The van der Waals surface area contributed by atoms with Crippen LogP contribution in [-0.2, 0) is 18.9 Å². The van der Waals surface area contributed by atoms with Gasteiger partial charge in [-0.15, -0.1) is 0 Å². The number of esters is 2. The van der Waals surface area contributed by atoms with Gasteiger partial charge in [0.05, 0.1) is 25.3 Å². The Labute approximate surface area is 249 Å². The monoisotopic (exact) mass is 624 g/mol.